The van der Waals surface area contributed by atoms with Crippen molar-refractivity contribution in [2.24, 2.45) is 5.41 Å². The van der Waals surface area contributed by atoms with E-state index in [9.17, 15) is 4.79 Å². The molecular formula is C15H17N3O2. The topological polar surface area (TPSA) is 78.0 Å². The molecule has 2 heterocycles. The lowest BCUT2D eigenvalue weighted by Gasteiger charge is -2.22. The summed E-state index contributed by atoms with van der Waals surface area (Å²) in [6.07, 6.45) is 3.64. The standard InChI is InChI=1S/C15H17N3O2/c19-14(20)9-1-2-11-12(7-9)18-13(17-11)10-8-15(10)3-5-16-6-4-15/h1-2,7,10,16H,3-6,8H2,(H,17,18)(H,19,20). The lowest BCUT2D eigenvalue weighted by Crippen LogP contribution is -2.29. The second-order valence-electron chi connectivity index (χ2n) is 6.03. The second-order valence-corrected chi connectivity index (χ2v) is 6.03. The van der Waals surface area contributed by atoms with E-state index >= 15 is 0 Å². The molecule has 2 aliphatic rings. The van der Waals surface area contributed by atoms with Gasteiger partial charge in [-0.2, -0.15) is 0 Å². The van der Waals surface area contributed by atoms with Gasteiger partial charge in [-0.25, -0.2) is 9.78 Å². The van der Waals surface area contributed by atoms with Gasteiger partial charge in [0.2, 0.25) is 0 Å². The van der Waals surface area contributed by atoms with Crippen molar-refractivity contribution >= 4 is 17.0 Å². The van der Waals surface area contributed by atoms with Crippen LogP contribution in [0.3, 0.4) is 0 Å². The molecule has 4 rings (SSSR count). The Morgan fingerprint density at radius 3 is 2.90 bits per heavy atom. The highest BCUT2D eigenvalue weighted by atomic mass is 16.4. The van der Waals surface area contributed by atoms with Gasteiger partial charge in [-0.05, 0) is 56.0 Å². The van der Waals surface area contributed by atoms with Crippen LogP contribution in [0.25, 0.3) is 11.0 Å². The number of rotatable bonds is 2. The monoisotopic (exact) mass is 271 g/mol. The molecule has 2 fully saturated rings. The molecule has 0 radical (unpaired) electrons. The number of aromatic carboxylic acids is 1. The number of carboxylic acids is 1. The van der Waals surface area contributed by atoms with Crippen molar-refractivity contribution in [3.63, 3.8) is 0 Å². The highest BCUT2D eigenvalue weighted by Crippen LogP contribution is 2.63. The van der Waals surface area contributed by atoms with Crippen LogP contribution in [0.1, 0.15) is 41.4 Å². The number of aromatic amines is 1. The summed E-state index contributed by atoms with van der Waals surface area (Å²) in [6.45, 7) is 2.19. The fourth-order valence-electron chi connectivity index (χ4n) is 3.54. The van der Waals surface area contributed by atoms with Crippen LogP contribution in [0.15, 0.2) is 18.2 Å². The summed E-state index contributed by atoms with van der Waals surface area (Å²) in [5, 5.41) is 12.4. The molecule has 5 heteroatoms. The van der Waals surface area contributed by atoms with Crippen molar-refractivity contribution in [2.45, 2.75) is 25.2 Å². The van der Waals surface area contributed by atoms with E-state index in [2.05, 4.69) is 15.3 Å². The minimum Gasteiger partial charge on any atom is -0.478 e. The van der Waals surface area contributed by atoms with Gasteiger partial charge in [0.15, 0.2) is 0 Å². The molecule has 104 valence electrons. The highest BCUT2D eigenvalue weighted by Gasteiger charge is 2.55. The van der Waals surface area contributed by atoms with Crippen molar-refractivity contribution in [3.05, 3.63) is 29.6 Å². The average Bonchev–Trinajstić information content (AvgIpc) is 2.97. The molecule has 20 heavy (non-hydrogen) atoms. The van der Waals surface area contributed by atoms with E-state index in [0.29, 0.717) is 16.9 Å². The van der Waals surface area contributed by atoms with Crippen LogP contribution in [0.5, 0.6) is 0 Å². The number of aromatic nitrogens is 2. The summed E-state index contributed by atoms with van der Waals surface area (Å²) >= 11 is 0. The summed E-state index contributed by atoms with van der Waals surface area (Å²) < 4.78 is 0. The number of nitrogens with one attached hydrogen (secondary N) is 2. The Bertz CT molecular complexity index is 685. The minimum atomic E-state index is -0.899. The Labute approximate surface area is 116 Å². The third-order valence-electron chi connectivity index (χ3n) is 4.87. The molecule has 1 saturated heterocycles. The van der Waals surface area contributed by atoms with Gasteiger partial charge in [-0.1, -0.05) is 0 Å². The number of nitrogens with zero attached hydrogens (tertiary/aromatic N) is 1. The first-order chi connectivity index (χ1) is 9.68. The lowest BCUT2D eigenvalue weighted by atomic mass is 9.92. The third kappa shape index (κ3) is 1.73. The SMILES string of the molecule is O=C(O)c1ccc2nc(C3CC34CCNCC4)[nH]c2c1. The molecule has 1 aliphatic carbocycles. The van der Waals surface area contributed by atoms with Crippen LogP contribution in [-0.2, 0) is 0 Å². The lowest BCUT2D eigenvalue weighted by molar-refractivity contribution is 0.0697. The minimum absolute atomic E-state index is 0.306. The van der Waals surface area contributed by atoms with Crippen molar-refractivity contribution in [2.75, 3.05) is 13.1 Å². The molecule has 3 N–H and O–H groups in total. The maximum Gasteiger partial charge on any atom is 0.335 e. The Balaban J connectivity index is 1.66. The Morgan fingerprint density at radius 2 is 2.15 bits per heavy atom. The van der Waals surface area contributed by atoms with Crippen molar-refractivity contribution in [1.29, 1.82) is 0 Å². The van der Waals surface area contributed by atoms with Gasteiger partial charge in [-0.15, -0.1) is 0 Å². The Morgan fingerprint density at radius 1 is 1.35 bits per heavy atom. The van der Waals surface area contributed by atoms with Crippen molar-refractivity contribution in [3.8, 4) is 0 Å². The van der Waals surface area contributed by atoms with Gasteiger partial charge in [0.25, 0.3) is 0 Å². The quantitative estimate of drug-likeness (QED) is 0.781. The fourth-order valence-corrected chi connectivity index (χ4v) is 3.54. The molecule has 1 aromatic carbocycles. The maximum atomic E-state index is 11.0. The summed E-state index contributed by atoms with van der Waals surface area (Å²) in [4.78, 5) is 19.0. The molecule has 1 aromatic heterocycles. The summed E-state index contributed by atoms with van der Waals surface area (Å²) in [6, 6.07) is 5.07. The number of carbonyl (C=O) groups is 1. The molecule has 2 aromatic rings. The van der Waals surface area contributed by atoms with Crippen LogP contribution < -0.4 is 5.32 Å². The third-order valence-corrected chi connectivity index (χ3v) is 4.87. The van der Waals surface area contributed by atoms with E-state index in [-0.39, 0.29) is 0 Å². The summed E-state index contributed by atoms with van der Waals surface area (Å²) in [7, 11) is 0. The summed E-state index contributed by atoms with van der Waals surface area (Å²) in [5.41, 5.74) is 2.44. The van der Waals surface area contributed by atoms with Crippen molar-refractivity contribution < 1.29 is 9.90 Å². The van der Waals surface area contributed by atoms with E-state index in [4.69, 9.17) is 5.11 Å². The van der Waals surface area contributed by atoms with Crippen LogP contribution in [0.4, 0.5) is 0 Å². The highest BCUT2D eigenvalue weighted by molar-refractivity contribution is 5.92. The van der Waals surface area contributed by atoms with Gasteiger partial charge in [-0.3, -0.25) is 0 Å². The zero-order chi connectivity index (χ0) is 13.7. The number of H-pyrrole nitrogens is 1. The number of carboxylic acid groups (broad SMARTS) is 1. The average molecular weight is 271 g/mol. The van der Waals surface area contributed by atoms with Crippen molar-refractivity contribution in [1.82, 2.24) is 15.3 Å². The van der Waals surface area contributed by atoms with Crippen LogP contribution in [-0.4, -0.2) is 34.1 Å². The Kier molecular flexibility index (Phi) is 2.41. The van der Waals surface area contributed by atoms with Crippen LogP contribution in [0, 0.1) is 5.41 Å². The first-order valence-corrected chi connectivity index (χ1v) is 7.12. The maximum absolute atomic E-state index is 11.0. The van der Waals surface area contributed by atoms with E-state index in [0.717, 1.165) is 29.9 Å². The zero-order valence-electron chi connectivity index (χ0n) is 11.1. The molecule has 1 atom stereocenters. The number of imidazole rings is 1. The summed E-state index contributed by atoms with van der Waals surface area (Å²) in [5.74, 6) is 0.652. The number of piperidine rings is 1. The van der Waals surface area contributed by atoms with Gasteiger partial charge < -0.3 is 15.4 Å². The van der Waals surface area contributed by atoms with Gasteiger partial charge in [0.05, 0.1) is 16.6 Å². The molecular weight excluding hydrogens is 254 g/mol. The van der Waals surface area contributed by atoms with Crippen LogP contribution >= 0.6 is 0 Å². The first kappa shape index (κ1) is 11.9. The van der Waals surface area contributed by atoms with Crippen LogP contribution in [0.2, 0.25) is 0 Å². The largest absolute Gasteiger partial charge is 0.478 e. The molecule has 1 unspecified atom stereocenters. The van der Waals surface area contributed by atoms with Gasteiger partial charge in [0, 0.05) is 5.92 Å². The van der Waals surface area contributed by atoms with E-state index < -0.39 is 5.97 Å². The predicted molar refractivity (Wildman–Crippen MR) is 74.9 cm³/mol. The molecule has 5 nitrogen and oxygen atoms in total. The molecule has 1 saturated carbocycles. The number of hydrogen-bond donors (Lipinski definition) is 3. The second kappa shape index (κ2) is 4.06. The van der Waals surface area contributed by atoms with E-state index in [1.807, 2.05) is 0 Å². The Hall–Kier alpha value is -1.88. The van der Waals surface area contributed by atoms with Gasteiger partial charge >= 0.3 is 5.97 Å². The smallest absolute Gasteiger partial charge is 0.335 e. The predicted octanol–water partition coefficient (Wildman–Crippen LogP) is 2.12. The molecule has 1 spiro atoms. The first-order valence-electron chi connectivity index (χ1n) is 7.12. The van der Waals surface area contributed by atoms with Gasteiger partial charge in [0.1, 0.15) is 5.82 Å². The molecule has 0 amide bonds. The number of hydrogen-bond acceptors (Lipinski definition) is 3. The van der Waals surface area contributed by atoms with E-state index in [1.54, 1.807) is 18.2 Å². The normalized spacial score (nSPS) is 24.1. The zero-order valence-corrected chi connectivity index (χ0v) is 11.1. The van der Waals surface area contributed by atoms with E-state index in [1.165, 1.54) is 19.3 Å². The number of fused-ring (bicyclic) bond motifs is 1. The molecule has 1 aliphatic heterocycles. The fraction of sp³-hybridized carbons (Fsp3) is 0.467. The number of benzene rings is 1. The molecule has 0 bridgehead atoms.